The fourth-order valence-electron chi connectivity index (χ4n) is 1.91. The average Bonchev–Trinajstić information content (AvgIpc) is 2.47. The van der Waals surface area contributed by atoms with E-state index in [0.29, 0.717) is 19.8 Å². The lowest BCUT2D eigenvalue weighted by molar-refractivity contribution is 0.106. The van der Waals surface area contributed by atoms with Gasteiger partial charge in [0.15, 0.2) is 0 Å². The molecule has 0 saturated carbocycles. The van der Waals surface area contributed by atoms with E-state index in [2.05, 4.69) is 5.32 Å². The van der Waals surface area contributed by atoms with Gasteiger partial charge in [0.05, 0.1) is 13.2 Å². The Balaban J connectivity index is 1.90. The van der Waals surface area contributed by atoms with Crippen molar-refractivity contribution in [3.8, 4) is 0 Å². The Morgan fingerprint density at radius 1 is 0.950 bits per heavy atom. The Labute approximate surface area is 118 Å². The van der Waals surface area contributed by atoms with Gasteiger partial charge in [-0.25, -0.2) is 4.79 Å². The molecule has 0 atom stereocenters. The van der Waals surface area contributed by atoms with E-state index in [1.807, 2.05) is 54.6 Å². The number of amides is 2. The summed E-state index contributed by atoms with van der Waals surface area (Å²) in [4.78, 5) is 10.8. The molecule has 2 rings (SSSR count). The monoisotopic (exact) mass is 270 g/mol. The molecule has 0 aliphatic rings. The van der Waals surface area contributed by atoms with Gasteiger partial charge in [-0.05, 0) is 16.7 Å². The summed E-state index contributed by atoms with van der Waals surface area (Å²) in [7, 11) is 0. The van der Waals surface area contributed by atoms with E-state index in [4.69, 9.17) is 10.5 Å². The highest BCUT2D eigenvalue weighted by molar-refractivity contribution is 5.71. The largest absolute Gasteiger partial charge is 0.372 e. The number of nitrogens with one attached hydrogen (secondary N) is 1. The average molecular weight is 270 g/mol. The molecule has 4 heteroatoms. The van der Waals surface area contributed by atoms with E-state index in [1.54, 1.807) is 0 Å². The summed E-state index contributed by atoms with van der Waals surface area (Å²) in [5, 5.41) is 2.59. The van der Waals surface area contributed by atoms with E-state index >= 15 is 0 Å². The first-order valence-corrected chi connectivity index (χ1v) is 6.47. The molecule has 2 aromatic rings. The fraction of sp³-hybridized carbons (Fsp3) is 0.188. The highest BCUT2D eigenvalue weighted by atomic mass is 16.5. The van der Waals surface area contributed by atoms with Crippen LogP contribution in [-0.4, -0.2) is 6.03 Å². The number of benzene rings is 2. The topological polar surface area (TPSA) is 64.4 Å². The predicted molar refractivity (Wildman–Crippen MR) is 77.8 cm³/mol. The zero-order valence-corrected chi connectivity index (χ0v) is 11.2. The second-order valence-corrected chi connectivity index (χ2v) is 4.46. The van der Waals surface area contributed by atoms with E-state index < -0.39 is 6.03 Å². The molecule has 0 saturated heterocycles. The van der Waals surface area contributed by atoms with Gasteiger partial charge in [-0.2, -0.15) is 0 Å². The second kappa shape index (κ2) is 7.31. The van der Waals surface area contributed by atoms with E-state index in [9.17, 15) is 4.79 Å². The zero-order valence-electron chi connectivity index (χ0n) is 11.2. The molecule has 3 N–H and O–H groups in total. The molecule has 0 fully saturated rings. The number of ether oxygens (including phenoxy) is 1. The predicted octanol–water partition coefficient (Wildman–Crippen LogP) is 2.57. The molecule has 0 aromatic heterocycles. The zero-order chi connectivity index (χ0) is 14.2. The van der Waals surface area contributed by atoms with Crippen molar-refractivity contribution in [2.45, 2.75) is 19.8 Å². The summed E-state index contributed by atoms with van der Waals surface area (Å²) in [6.07, 6.45) is 0. The van der Waals surface area contributed by atoms with Crippen LogP contribution < -0.4 is 11.1 Å². The summed E-state index contributed by atoms with van der Waals surface area (Å²) in [5.74, 6) is 0. The first kappa shape index (κ1) is 14.1. The minimum Gasteiger partial charge on any atom is -0.372 e. The summed E-state index contributed by atoms with van der Waals surface area (Å²) in [6.45, 7) is 1.49. The van der Waals surface area contributed by atoms with Crippen LogP contribution in [0.4, 0.5) is 4.79 Å². The van der Waals surface area contributed by atoms with Crippen LogP contribution in [0.15, 0.2) is 54.6 Å². The maximum Gasteiger partial charge on any atom is 0.312 e. The molecule has 0 spiro atoms. The molecule has 0 radical (unpaired) electrons. The molecule has 0 unspecified atom stereocenters. The van der Waals surface area contributed by atoms with Crippen LogP contribution in [0.5, 0.6) is 0 Å². The number of carbonyl (C=O) groups is 1. The third-order valence-electron chi connectivity index (χ3n) is 2.94. The minimum atomic E-state index is -0.523. The van der Waals surface area contributed by atoms with Crippen LogP contribution in [0.1, 0.15) is 16.7 Å². The fourth-order valence-corrected chi connectivity index (χ4v) is 1.91. The highest BCUT2D eigenvalue weighted by Crippen LogP contribution is 2.11. The molecule has 2 amide bonds. The van der Waals surface area contributed by atoms with Gasteiger partial charge in [0.25, 0.3) is 0 Å². The lowest BCUT2D eigenvalue weighted by atomic mass is 10.1. The van der Waals surface area contributed by atoms with E-state index in [0.717, 1.165) is 16.7 Å². The Hall–Kier alpha value is -2.33. The van der Waals surface area contributed by atoms with Crippen molar-refractivity contribution in [2.75, 3.05) is 0 Å². The number of primary amides is 1. The van der Waals surface area contributed by atoms with Gasteiger partial charge in [-0.1, -0.05) is 54.6 Å². The number of carbonyl (C=O) groups excluding carboxylic acids is 1. The highest BCUT2D eigenvalue weighted by Gasteiger charge is 2.03. The van der Waals surface area contributed by atoms with Gasteiger partial charge >= 0.3 is 6.03 Å². The summed E-state index contributed by atoms with van der Waals surface area (Å²) >= 11 is 0. The van der Waals surface area contributed by atoms with Crippen molar-refractivity contribution in [1.29, 1.82) is 0 Å². The maximum absolute atomic E-state index is 10.8. The van der Waals surface area contributed by atoms with Crippen LogP contribution >= 0.6 is 0 Å². The molecule has 20 heavy (non-hydrogen) atoms. The number of urea groups is 1. The number of nitrogens with two attached hydrogens (primary N) is 1. The first-order valence-electron chi connectivity index (χ1n) is 6.47. The van der Waals surface area contributed by atoms with Crippen LogP contribution in [0.25, 0.3) is 0 Å². The van der Waals surface area contributed by atoms with Crippen LogP contribution in [0.2, 0.25) is 0 Å². The SMILES string of the molecule is NC(=O)NCc1ccccc1COCc1ccccc1. The lowest BCUT2D eigenvalue weighted by Gasteiger charge is -2.10. The molecule has 0 aliphatic carbocycles. The van der Waals surface area contributed by atoms with Crippen molar-refractivity contribution in [3.05, 3.63) is 71.3 Å². The standard InChI is InChI=1S/C16H18N2O2/c17-16(19)18-10-14-8-4-5-9-15(14)12-20-11-13-6-2-1-3-7-13/h1-9H,10-12H2,(H3,17,18,19). The smallest absolute Gasteiger partial charge is 0.312 e. The van der Waals surface area contributed by atoms with Crippen molar-refractivity contribution < 1.29 is 9.53 Å². The first-order chi connectivity index (χ1) is 9.75. The normalized spacial score (nSPS) is 10.2. The summed E-state index contributed by atoms with van der Waals surface area (Å²) in [6, 6.07) is 17.3. The Morgan fingerprint density at radius 2 is 1.60 bits per heavy atom. The maximum atomic E-state index is 10.8. The third-order valence-corrected chi connectivity index (χ3v) is 2.94. The van der Waals surface area contributed by atoms with Crippen molar-refractivity contribution >= 4 is 6.03 Å². The molecule has 0 bridgehead atoms. The van der Waals surface area contributed by atoms with Gasteiger partial charge in [-0.15, -0.1) is 0 Å². The van der Waals surface area contributed by atoms with Gasteiger partial charge in [0.2, 0.25) is 0 Å². The Bertz CT molecular complexity index is 555. The Kier molecular flexibility index (Phi) is 5.15. The van der Waals surface area contributed by atoms with Crippen molar-refractivity contribution in [2.24, 2.45) is 5.73 Å². The van der Waals surface area contributed by atoms with Crippen molar-refractivity contribution in [3.63, 3.8) is 0 Å². The molecule has 104 valence electrons. The number of rotatable bonds is 6. The summed E-state index contributed by atoms with van der Waals surface area (Å²) < 4.78 is 5.71. The van der Waals surface area contributed by atoms with Gasteiger partial charge < -0.3 is 15.8 Å². The van der Waals surface area contributed by atoms with Crippen LogP contribution in [-0.2, 0) is 24.5 Å². The second-order valence-electron chi connectivity index (χ2n) is 4.46. The van der Waals surface area contributed by atoms with Gasteiger partial charge in [0.1, 0.15) is 0 Å². The minimum absolute atomic E-state index is 0.417. The van der Waals surface area contributed by atoms with Gasteiger partial charge in [-0.3, -0.25) is 0 Å². The molecule has 0 heterocycles. The lowest BCUT2D eigenvalue weighted by Crippen LogP contribution is -2.29. The van der Waals surface area contributed by atoms with Crippen LogP contribution in [0.3, 0.4) is 0 Å². The molecule has 2 aromatic carbocycles. The van der Waals surface area contributed by atoms with E-state index in [-0.39, 0.29) is 0 Å². The third kappa shape index (κ3) is 4.40. The molecule has 4 nitrogen and oxygen atoms in total. The van der Waals surface area contributed by atoms with Crippen LogP contribution in [0, 0.1) is 0 Å². The van der Waals surface area contributed by atoms with Crippen molar-refractivity contribution in [1.82, 2.24) is 5.32 Å². The number of hydrogen-bond acceptors (Lipinski definition) is 2. The van der Waals surface area contributed by atoms with Gasteiger partial charge in [0, 0.05) is 6.54 Å². The molecule has 0 aliphatic heterocycles. The quantitative estimate of drug-likeness (QED) is 0.847. The Morgan fingerprint density at radius 3 is 2.30 bits per heavy atom. The molecular formula is C16H18N2O2. The molecular weight excluding hydrogens is 252 g/mol. The summed E-state index contributed by atoms with van der Waals surface area (Å²) in [5.41, 5.74) is 8.29. The number of hydrogen-bond donors (Lipinski definition) is 2. The van der Waals surface area contributed by atoms with E-state index in [1.165, 1.54) is 0 Å².